The van der Waals surface area contributed by atoms with Crippen molar-refractivity contribution in [2.24, 2.45) is 0 Å². The number of hydrogen-bond donors (Lipinski definition) is 18. The number of aliphatic hydroxyl groups excluding tert-OH is 16. The number of nitrogens with zero attached hydrogens (tertiary/aromatic N) is 3. The summed E-state index contributed by atoms with van der Waals surface area (Å²) in [4.78, 5) is 6.95. The van der Waals surface area contributed by atoms with Crippen LogP contribution >= 0.6 is 0 Å². The van der Waals surface area contributed by atoms with Gasteiger partial charge < -0.3 is 130 Å². The monoisotopic (exact) mass is 1450 g/mol. The van der Waals surface area contributed by atoms with Crippen molar-refractivity contribution in [2.45, 2.75) is 179 Å². The van der Waals surface area contributed by atoms with Crippen molar-refractivity contribution >= 4 is 0 Å². The van der Waals surface area contributed by atoms with E-state index >= 15 is 0 Å². The normalized spacial score (nSPS) is 34.6. The van der Waals surface area contributed by atoms with Gasteiger partial charge in [0.2, 0.25) is 25.2 Å². The lowest BCUT2D eigenvalue weighted by atomic mass is 9.77. The lowest BCUT2D eigenvalue weighted by Gasteiger charge is -2.43. The number of likely N-dealkylation sites (N-methyl/N-ethyl adjacent to an activating group) is 3. The maximum absolute atomic E-state index is 11.1. The van der Waals surface area contributed by atoms with E-state index in [1.807, 2.05) is 54.6 Å². The van der Waals surface area contributed by atoms with Crippen LogP contribution in [0.5, 0.6) is 34.5 Å². The molecule has 20 unspecified atom stereocenters. The molecule has 4 fully saturated rings. The molecule has 0 aromatic heterocycles. The molecule has 29 nitrogen and oxygen atoms in total. The second-order valence-electron chi connectivity index (χ2n) is 28.6. The van der Waals surface area contributed by atoms with Gasteiger partial charge in [-0.05, 0) is 145 Å². The topological polar surface area (TPSA) is 448 Å². The van der Waals surface area contributed by atoms with Crippen LogP contribution in [-0.2, 0) is 57.5 Å². The zero-order chi connectivity index (χ0) is 73.6. The first-order valence-electron chi connectivity index (χ1n) is 35.2. The van der Waals surface area contributed by atoms with Crippen LogP contribution in [-0.4, -0.2) is 297 Å². The molecule has 6 aromatic carbocycles. The molecule has 0 saturated carbocycles. The standard InChI is InChI=1S/C29H37NO12.2C23H27NO7/c1-30-8-7-12-3-2-4-14-19(12)15(30)9-13-5-6-16(39-28-25(37)23(35)21(33)17(10-31)40-28)27(20(13)14)42-29-26(38)24(36)22(34)18(11-32)41-29;1-24-8-7-11-3-2-4-13-17(11)14(24)9-12-5-6-15(26)22(18(12)13)31-23-21(29)20(28)19(27)16(10-25)30-23;1-24-8-7-11-3-2-4-13-17(11)14(24)9-12-5-6-15(19(26)18(12)13)30-23-22(29)21(28)20(27)16(10-25)31-23/h2-6,15,17-18,21-26,28-29,31-38H,7-11H2,1H3;2-6,14,16,19-21,23,25-29H,7-10H2,1H3;2-6,14,16,20-23,25-29H,7-10H2,1H3/t15-,17?,18?,21?,22?,23?,24?,25?,26?,28?,29?;14-,16?,19?,20?,21?,23?;14-,16?,20?,21?,22?,23?/m111/s1. The third kappa shape index (κ3) is 13.2. The maximum Gasteiger partial charge on any atom is 0.229 e. The Morgan fingerprint density at radius 2 is 0.644 bits per heavy atom. The number of aromatic hydroxyl groups is 2. The molecule has 16 rings (SSSR count). The average Bonchev–Trinajstić information content (AvgIpc) is 0.742. The molecule has 0 spiro atoms. The van der Waals surface area contributed by atoms with Crippen LogP contribution in [0.1, 0.15) is 68.2 Å². The number of benzene rings is 6. The van der Waals surface area contributed by atoms with Crippen molar-refractivity contribution in [3.8, 4) is 67.9 Å². The number of fused-ring (bicyclic) bond motifs is 6. The summed E-state index contributed by atoms with van der Waals surface area (Å²) in [5, 5.41) is 184. The Labute approximate surface area is 597 Å². The van der Waals surface area contributed by atoms with Crippen molar-refractivity contribution in [2.75, 3.05) is 67.2 Å². The van der Waals surface area contributed by atoms with Gasteiger partial charge in [-0.3, -0.25) is 14.7 Å². The van der Waals surface area contributed by atoms with Crippen molar-refractivity contribution in [3.05, 3.63) is 141 Å². The predicted molar refractivity (Wildman–Crippen MR) is 365 cm³/mol. The molecular formula is C75H91N3O26. The van der Waals surface area contributed by atoms with E-state index in [4.69, 9.17) is 37.9 Å². The fraction of sp³-hybridized carbons (Fsp3) is 0.520. The van der Waals surface area contributed by atoms with Crippen LogP contribution in [0.2, 0.25) is 0 Å². The molecule has 562 valence electrons. The Bertz CT molecular complexity index is 4090. The molecule has 4 saturated heterocycles. The summed E-state index contributed by atoms with van der Waals surface area (Å²) in [5.74, 6) is 0.180. The van der Waals surface area contributed by atoms with Gasteiger partial charge in [0.1, 0.15) is 97.7 Å². The quantitative estimate of drug-likeness (QED) is 0.0659. The molecule has 3 aliphatic carbocycles. The van der Waals surface area contributed by atoms with E-state index in [2.05, 4.69) is 54.0 Å². The van der Waals surface area contributed by atoms with Crippen molar-refractivity contribution < 1.29 is 130 Å². The highest BCUT2D eigenvalue weighted by Gasteiger charge is 2.51. The number of phenols is 2. The van der Waals surface area contributed by atoms with Crippen molar-refractivity contribution in [1.82, 2.24) is 14.7 Å². The van der Waals surface area contributed by atoms with E-state index in [1.165, 1.54) is 27.8 Å². The van der Waals surface area contributed by atoms with Gasteiger partial charge in [0.15, 0.2) is 34.5 Å². The smallest absolute Gasteiger partial charge is 0.229 e. The molecule has 7 heterocycles. The van der Waals surface area contributed by atoms with Gasteiger partial charge in [0, 0.05) is 54.5 Å². The molecule has 23 atom stereocenters. The van der Waals surface area contributed by atoms with Crippen LogP contribution in [0, 0.1) is 0 Å². The minimum Gasteiger partial charge on any atom is -0.504 e. The van der Waals surface area contributed by atoms with E-state index in [9.17, 15) is 91.9 Å². The van der Waals surface area contributed by atoms with Gasteiger partial charge in [0.05, 0.1) is 26.4 Å². The zero-order valence-electron chi connectivity index (χ0n) is 57.3. The highest BCUT2D eigenvalue weighted by atomic mass is 16.7. The molecule has 10 aliphatic rings. The largest absolute Gasteiger partial charge is 0.504 e. The van der Waals surface area contributed by atoms with Gasteiger partial charge in [-0.1, -0.05) is 72.8 Å². The molecular weight excluding hydrogens is 1360 g/mol. The molecule has 18 N–H and O–H groups in total. The second kappa shape index (κ2) is 30.1. The Morgan fingerprint density at radius 3 is 1.02 bits per heavy atom. The lowest BCUT2D eigenvalue weighted by molar-refractivity contribution is -0.282. The van der Waals surface area contributed by atoms with Crippen LogP contribution in [0.25, 0.3) is 33.4 Å². The van der Waals surface area contributed by atoms with Gasteiger partial charge in [-0.2, -0.15) is 0 Å². The summed E-state index contributed by atoms with van der Waals surface area (Å²) in [6.45, 7) is 0.461. The summed E-state index contributed by atoms with van der Waals surface area (Å²) >= 11 is 0. The SMILES string of the molecule is CN1CCc2cccc3c2[C@H]1Cc1ccc(O)c(OC2OC(CO)C(O)C(O)C2O)c1-3.CN1CCc2cccc3c2[C@H]1Cc1ccc(OC2OC(CO)C(O)C(O)C2O)c(O)c1-3.CN1CCc2cccc3c2[C@H]1Cc1ccc(OC2OC(CO)C(O)C(O)C2O)c(OC2OC(CO)C(O)C(O)C2O)c1-3. The van der Waals surface area contributed by atoms with E-state index in [-0.39, 0.29) is 52.6 Å². The molecule has 0 bridgehead atoms. The highest BCUT2D eigenvalue weighted by Crippen LogP contribution is 2.55. The fourth-order valence-corrected chi connectivity index (χ4v) is 16.5. The molecule has 0 amide bonds. The molecule has 7 aliphatic heterocycles. The van der Waals surface area contributed by atoms with Crippen molar-refractivity contribution in [3.63, 3.8) is 0 Å². The fourth-order valence-electron chi connectivity index (χ4n) is 16.5. The Morgan fingerprint density at radius 1 is 0.337 bits per heavy atom. The third-order valence-corrected chi connectivity index (χ3v) is 22.4. The van der Waals surface area contributed by atoms with Gasteiger partial charge in [-0.25, -0.2) is 0 Å². The first-order valence-corrected chi connectivity index (χ1v) is 35.2. The van der Waals surface area contributed by atoms with Crippen molar-refractivity contribution in [1.29, 1.82) is 0 Å². The van der Waals surface area contributed by atoms with Gasteiger partial charge >= 0.3 is 0 Å². The van der Waals surface area contributed by atoms with Crippen LogP contribution in [0.3, 0.4) is 0 Å². The lowest BCUT2D eigenvalue weighted by Crippen LogP contribution is -2.60. The number of aliphatic hydroxyl groups is 16. The maximum atomic E-state index is 11.1. The molecule has 29 heteroatoms. The first kappa shape index (κ1) is 74.1. The van der Waals surface area contributed by atoms with E-state index in [1.54, 1.807) is 18.2 Å². The van der Waals surface area contributed by atoms with E-state index < -0.39 is 149 Å². The summed E-state index contributed by atoms with van der Waals surface area (Å²) in [5.41, 5.74) is 15.0. The van der Waals surface area contributed by atoms with Crippen LogP contribution in [0.15, 0.2) is 91.0 Å². The minimum absolute atomic E-state index is 0.0234. The number of rotatable bonds is 12. The van der Waals surface area contributed by atoms with Gasteiger partial charge in [-0.15, -0.1) is 0 Å². The van der Waals surface area contributed by atoms with Crippen LogP contribution < -0.4 is 18.9 Å². The molecule has 6 aromatic rings. The van der Waals surface area contributed by atoms with Gasteiger partial charge in [0.25, 0.3) is 0 Å². The van der Waals surface area contributed by atoms with E-state index in [0.717, 1.165) is 96.2 Å². The Balaban J connectivity index is 0.000000134. The highest BCUT2D eigenvalue weighted by molar-refractivity contribution is 5.85. The molecule has 0 radical (unpaired) electrons. The Hall–Kier alpha value is -6.80. The summed E-state index contributed by atoms with van der Waals surface area (Å²) in [6, 6.07) is 29.2. The number of phenolic OH excluding ortho intramolecular Hbond substituents is 2. The zero-order valence-corrected chi connectivity index (χ0v) is 57.3. The summed E-state index contributed by atoms with van der Waals surface area (Å²) in [7, 11) is 6.30. The Kier molecular flexibility index (Phi) is 21.4. The van der Waals surface area contributed by atoms with E-state index in [0.29, 0.717) is 17.5 Å². The predicted octanol–water partition coefficient (Wildman–Crippen LogP) is -1.56. The molecule has 104 heavy (non-hydrogen) atoms. The summed E-state index contributed by atoms with van der Waals surface area (Å²) < 4.78 is 46.1. The minimum atomic E-state index is -1.70. The first-order chi connectivity index (χ1) is 49.9. The second-order valence-corrected chi connectivity index (χ2v) is 28.6. The third-order valence-electron chi connectivity index (χ3n) is 22.4. The number of hydrogen-bond acceptors (Lipinski definition) is 29. The average molecular weight is 1450 g/mol. The summed E-state index contributed by atoms with van der Waals surface area (Å²) in [6.07, 6.45) is -24.6. The number of ether oxygens (including phenoxy) is 8. The van der Waals surface area contributed by atoms with Crippen LogP contribution in [0.4, 0.5) is 0 Å².